The quantitative estimate of drug-likeness (QED) is 0.584. The van der Waals surface area contributed by atoms with Crippen LogP contribution in [0.5, 0.6) is 5.75 Å². The topological polar surface area (TPSA) is 119 Å². The molecular formula is C24H41N3O6. The number of amides is 1. The second-order valence-corrected chi connectivity index (χ2v) is 8.68. The zero-order chi connectivity index (χ0) is 25.6. The molecule has 3 N–H and O–H groups in total. The first-order valence-corrected chi connectivity index (χ1v) is 11.1. The molecule has 9 nitrogen and oxygen atoms in total. The monoisotopic (exact) mass is 467 g/mol. The van der Waals surface area contributed by atoms with E-state index >= 15 is 0 Å². The van der Waals surface area contributed by atoms with E-state index in [1.54, 1.807) is 0 Å². The Morgan fingerprint density at radius 3 is 2.21 bits per heavy atom. The van der Waals surface area contributed by atoms with Crippen molar-refractivity contribution in [3.05, 3.63) is 29.8 Å². The molecule has 0 saturated carbocycles. The van der Waals surface area contributed by atoms with E-state index in [0.29, 0.717) is 12.6 Å². The number of carboxylic acids is 2. The first-order chi connectivity index (χ1) is 15.3. The van der Waals surface area contributed by atoms with E-state index in [9.17, 15) is 4.79 Å². The standard InChI is InChI=1S/C20H33N3O2.2C2H4O2/c1-15(2)25-19-8-6-7-16(11-19)12-21-20(24)17-9-10-18(22(3)4)14-23(5)13-17;2*1-2(3)4/h6-8,11,15,17-18H,9-10,12-14H2,1-5H3,(H,21,24);2*1H3,(H,3,4)/t17-,18+;;/m1../s1. The largest absolute Gasteiger partial charge is 0.491 e. The van der Waals surface area contributed by atoms with Crippen LogP contribution >= 0.6 is 0 Å². The van der Waals surface area contributed by atoms with Gasteiger partial charge in [-0.05, 0) is 65.5 Å². The van der Waals surface area contributed by atoms with Crippen LogP contribution in [-0.4, -0.2) is 84.2 Å². The average molecular weight is 468 g/mol. The minimum atomic E-state index is -0.833. The summed E-state index contributed by atoms with van der Waals surface area (Å²) in [7, 11) is 6.34. The van der Waals surface area contributed by atoms with Crippen LogP contribution in [0, 0.1) is 5.92 Å². The molecule has 1 aromatic rings. The Balaban J connectivity index is 0.00000111. The summed E-state index contributed by atoms with van der Waals surface area (Å²) >= 11 is 0. The van der Waals surface area contributed by atoms with Crippen molar-refractivity contribution in [1.82, 2.24) is 15.1 Å². The molecule has 33 heavy (non-hydrogen) atoms. The molecule has 0 aromatic heterocycles. The lowest BCUT2D eigenvalue weighted by molar-refractivity contribution is -0.135. The highest BCUT2D eigenvalue weighted by molar-refractivity contribution is 5.78. The molecule has 188 valence electrons. The minimum Gasteiger partial charge on any atom is -0.491 e. The van der Waals surface area contributed by atoms with Gasteiger partial charge in [0.15, 0.2) is 0 Å². The molecule has 0 radical (unpaired) electrons. The maximum atomic E-state index is 12.6. The highest BCUT2D eigenvalue weighted by Gasteiger charge is 2.27. The Kier molecular flexibility index (Phi) is 14.8. The zero-order valence-electron chi connectivity index (χ0n) is 21.0. The highest BCUT2D eigenvalue weighted by atomic mass is 16.5. The van der Waals surface area contributed by atoms with Gasteiger partial charge in [-0.1, -0.05) is 12.1 Å². The Bertz CT molecular complexity index is 719. The van der Waals surface area contributed by atoms with Gasteiger partial charge < -0.3 is 30.1 Å². The normalized spacial score (nSPS) is 18.2. The molecular weight excluding hydrogens is 426 g/mol. The van der Waals surface area contributed by atoms with Gasteiger partial charge in [0.2, 0.25) is 5.91 Å². The number of hydrogen-bond donors (Lipinski definition) is 3. The third-order valence-electron chi connectivity index (χ3n) is 4.74. The number of carbonyl (C=O) groups excluding carboxylic acids is 1. The van der Waals surface area contributed by atoms with Crippen molar-refractivity contribution < 1.29 is 29.3 Å². The van der Waals surface area contributed by atoms with E-state index in [0.717, 1.165) is 51.1 Å². The van der Waals surface area contributed by atoms with E-state index in [2.05, 4.69) is 36.3 Å². The summed E-state index contributed by atoms with van der Waals surface area (Å²) in [5.41, 5.74) is 1.07. The van der Waals surface area contributed by atoms with Gasteiger partial charge in [0, 0.05) is 39.5 Å². The van der Waals surface area contributed by atoms with Crippen LogP contribution in [0.3, 0.4) is 0 Å². The van der Waals surface area contributed by atoms with Crippen LogP contribution in [0.15, 0.2) is 24.3 Å². The van der Waals surface area contributed by atoms with Gasteiger partial charge >= 0.3 is 0 Å². The molecule has 2 atom stereocenters. The number of rotatable bonds is 6. The van der Waals surface area contributed by atoms with Crippen LogP contribution in [0.4, 0.5) is 0 Å². The third kappa shape index (κ3) is 15.7. The van der Waals surface area contributed by atoms with Gasteiger partial charge in [-0.2, -0.15) is 0 Å². The molecule has 1 aliphatic rings. The summed E-state index contributed by atoms with van der Waals surface area (Å²) < 4.78 is 5.72. The Labute approximate surface area is 197 Å². The lowest BCUT2D eigenvalue weighted by Crippen LogP contribution is -2.39. The average Bonchev–Trinajstić information content (AvgIpc) is 2.87. The van der Waals surface area contributed by atoms with Crippen LogP contribution in [0.25, 0.3) is 0 Å². The van der Waals surface area contributed by atoms with E-state index < -0.39 is 11.9 Å². The number of ether oxygens (including phenoxy) is 1. The van der Waals surface area contributed by atoms with Crippen molar-refractivity contribution in [2.75, 3.05) is 34.2 Å². The molecule has 2 rings (SSSR count). The SMILES string of the molecule is CC(=O)O.CC(=O)O.CC(C)Oc1cccc(CNC(=O)[C@@H]2CC[C@H](N(C)C)CN(C)C2)c1. The number of carboxylic acid groups (broad SMARTS) is 2. The fourth-order valence-corrected chi connectivity index (χ4v) is 3.36. The second kappa shape index (κ2) is 16.0. The van der Waals surface area contributed by atoms with Crippen molar-refractivity contribution in [3.8, 4) is 5.75 Å². The number of nitrogens with zero attached hydrogens (tertiary/aromatic N) is 2. The van der Waals surface area contributed by atoms with Gasteiger partial charge in [-0.3, -0.25) is 14.4 Å². The molecule has 0 spiro atoms. The number of likely N-dealkylation sites (tertiary alicyclic amines) is 1. The Morgan fingerprint density at radius 2 is 1.70 bits per heavy atom. The van der Waals surface area contributed by atoms with Crippen LogP contribution in [0.2, 0.25) is 0 Å². The molecule has 0 unspecified atom stereocenters. The van der Waals surface area contributed by atoms with Crippen LogP contribution < -0.4 is 10.1 Å². The number of likely N-dealkylation sites (N-methyl/N-ethyl adjacent to an activating group) is 2. The molecule has 1 fully saturated rings. The first-order valence-electron chi connectivity index (χ1n) is 11.1. The summed E-state index contributed by atoms with van der Waals surface area (Å²) in [6.45, 7) is 8.58. The van der Waals surface area contributed by atoms with Crippen molar-refractivity contribution >= 4 is 17.8 Å². The summed E-state index contributed by atoms with van der Waals surface area (Å²) in [5.74, 6) is -0.601. The van der Waals surface area contributed by atoms with Crippen molar-refractivity contribution in [2.45, 2.75) is 59.2 Å². The van der Waals surface area contributed by atoms with Crippen LogP contribution in [-0.2, 0) is 20.9 Å². The smallest absolute Gasteiger partial charge is 0.300 e. The molecule has 1 amide bonds. The number of aliphatic carboxylic acids is 2. The highest BCUT2D eigenvalue weighted by Crippen LogP contribution is 2.19. The van der Waals surface area contributed by atoms with Crippen molar-refractivity contribution in [1.29, 1.82) is 0 Å². The lowest BCUT2D eigenvalue weighted by Gasteiger charge is -2.25. The summed E-state index contributed by atoms with van der Waals surface area (Å²) in [4.78, 5) is 35.2. The maximum Gasteiger partial charge on any atom is 0.300 e. The number of hydrogen-bond acceptors (Lipinski definition) is 6. The zero-order valence-corrected chi connectivity index (χ0v) is 21.0. The number of nitrogens with one attached hydrogen (secondary N) is 1. The molecule has 1 saturated heterocycles. The lowest BCUT2D eigenvalue weighted by atomic mass is 10.0. The van der Waals surface area contributed by atoms with E-state index in [4.69, 9.17) is 24.5 Å². The van der Waals surface area contributed by atoms with Gasteiger partial charge in [0.05, 0.1) is 12.0 Å². The van der Waals surface area contributed by atoms with Gasteiger partial charge in [-0.25, -0.2) is 0 Å². The number of carbonyl (C=O) groups is 3. The van der Waals surface area contributed by atoms with Gasteiger partial charge in [0.1, 0.15) is 5.75 Å². The summed E-state index contributed by atoms with van der Waals surface area (Å²) in [6.07, 6.45) is 2.15. The molecule has 0 bridgehead atoms. The molecule has 0 aliphatic carbocycles. The van der Waals surface area contributed by atoms with Gasteiger partial charge in [-0.15, -0.1) is 0 Å². The Hall–Kier alpha value is -2.65. The van der Waals surface area contributed by atoms with E-state index in [1.165, 1.54) is 0 Å². The van der Waals surface area contributed by atoms with E-state index in [-0.39, 0.29) is 17.9 Å². The second-order valence-electron chi connectivity index (χ2n) is 8.68. The molecule has 1 heterocycles. The maximum absolute atomic E-state index is 12.6. The fraction of sp³-hybridized carbons (Fsp3) is 0.625. The van der Waals surface area contributed by atoms with Crippen molar-refractivity contribution in [3.63, 3.8) is 0 Å². The van der Waals surface area contributed by atoms with Gasteiger partial charge in [0.25, 0.3) is 11.9 Å². The predicted molar refractivity (Wildman–Crippen MR) is 128 cm³/mol. The van der Waals surface area contributed by atoms with Crippen molar-refractivity contribution in [2.24, 2.45) is 5.92 Å². The minimum absolute atomic E-state index is 0.0602. The first kappa shape index (κ1) is 30.4. The van der Waals surface area contributed by atoms with E-state index in [1.807, 2.05) is 38.1 Å². The molecule has 9 heteroatoms. The summed E-state index contributed by atoms with van der Waals surface area (Å²) in [6, 6.07) is 8.47. The summed E-state index contributed by atoms with van der Waals surface area (Å²) in [5, 5.41) is 17.9. The Morgan fingerprint density at radius 1 is 1.12 bits per heavy atom. The van der Waals surface area contributed by atoms with Crippen LogP contribution in [0.1, 0.15) is 46.1 Å². The fourth-order valence-electron chi connectivity index (χ4n) is 3.36. The molecule has 1 aromatic carbocycles. The number of benzene rings is 1. The predicted octanol–water partition coefficient (Wildman–Crippen LogP) is 2.54. The third-order valence-corrected chi connectivity index (χ3v) is 4.74. The molecule has 1 aliphatic heterocycles.